The third kappa shape index (κ3) is 2.03. The van der Waals surface area contributed by atoms with Crippen LogP contribution >= 0.6 is 0 Å². The number of benzene rings is 1. The van der Waals surface area contributed by atoms with E-state index in [1.165, 1.54) is 16.7 Å². The van der Waals surface area contributed by atoms with Gasteiger partial charge in [-0.05, 0) is 38.0 Å². The van der Waals surface area contributed by atoms with Gasteiger partial charge in [0.05, 0.1) is 12.6 Å². The summed E-state index contributed by atoms with van der Waals surface area (Å²) in [7, 11) is 1.61. The summed E-state index contributed by atoms with van der Waals surface area (Å²) in [5.41, 5.74) is 6.44. The van der Waals surface area contributed by atoms with Crippen molar-refractivity contribution in [2.45, 2.75) is 20.8 Å². The molecule has 102 valence electrons. The molecule has 0 fully saturated rings. The largest absolute Gasteiger partial charge is 0.481 e. The number of nitrogens with one attached hydrogen (secondary N) is 1. The summed E-state index contributed by atoms with van der Waals surface area (Å²) >= 11 is 0. The maximum Gasteiger partial charge on any atom is 0.215 e. The molecule has 20 heavy (non-hydrogen) atoms. The number of nitrogens with zero attached hydrogens (tertiary/aromatic N) is 2. The molecule has 0 aliphatic rings. The second-order valence-corrected chi connectivity index (χ2v) is 5.08. The van der Waals surface area contributed by atoms with Gasteiger partial charge in [-0.2, -0.15) is 4.98 Å². The first-order valence-electron chi connectivity index (χ1n) is 6.57. The Kier molecular flexibility index (Phi) is 2.93. The summed E-state index contributed by atoms with van der Waals surface area (Å²) in [6.45, 7) is 6.32. The van der Waals surface area contributed by atoms with E-state index in [9.17, 15) is 0 Å². The first kappa shape index (κ1) is 12.7. The van der Waals surface area contributed by atoms with Crippen LogP contribution in [0, 0.1) is 20.8 Å². The van der Waals surface area contributed by atoms with Crippen LogP contribution in [0.5, 0.6) is 5.88 Å². The molecule has 3 aromatic rings. The predicted molar refractivity (Wildman–Crippen MR) is 80.1 cm³/mol. The Balaban J connectivity index is 2.20. The Hall–Kier alpha value is -2.36. The number of H-pyrrole nitrogens is 1. The van der Waals surface area contributed by atoms with Gasteiger partial charge in [0, 0.05) is 11.6 Å². The van der Waals surface area contributed by atoms with E-state index < -0.39 is 0 Å². The van der Waals surface area contributed by atoms with Crippen molar-refractivity contribution in [2.24, 2.45) is 0 Å². The summed E-state index contributed by atoms with van der Waals surface area (Å²) in [6.07, 6.45) is 0. The third-order valence-electron chi connectivity index (χ3n) is 3.44. The monoisotopic (exact) mass is 267 g/mol. The Morgan fingerprint density at radius 1 is 1.00 bits per heavy atom. The minimum atomic E-state index is 0.577. The van der Waals surface area contributed by atoms with Crippen LogP contribution in [0.3, 0.4) is 0 Å². The maximum absolute atomic E-state index is 5.14. The molecule has 0 aliphatic heterocycles. The Morgan fingerprint density at radius 2 is 1.70 bits per heavy atom. The second kappa shape index (κ2) is 4.63. The van der Waals surface area contributed by atoms with Crippen molar-refractivity contribution in [1.82, 2.24) is 15.0 Å². The van der Waals surface area contributed by atoms with E-state index in [1.54, 1.807) is 7.11 Å². The van der Waals surface area contributed by atoms with E-state index in [0.717, 1.165) is 16.9 Å². The number of ether oxygens (including phenoxy) is 1. The minimum absolute atomic E-state index is 0.577. The number of methoxy groups -OCH3 is 1. The van der Waals surface area contributed by atoms with Crippen molar-refractivity contribution >= 4 is 11.2 Å². The number of hydrogen-bond donors (Lipinski definition) is 1. The van der Waals surface area contributed by atoms with Crippen molar-refractivity contribution in [3.05, 3.63) is 41.0 Å². The molecular weight excluding hydrogens is 250 g/mol. The van der Waals surface area contributed by atoms with Gasteiger partial charge in [0.2, 0.25) is 5.88 Å². The number of imidazole rings is 1. The fourth-order valence-corrected chi connectivity index (χ4v) is 2.66. The quantitative estimate of drug-likeness (QED) is 0.772. The molecule has 0 aliphatic carbocycles. The number of hydrogen-bond acceptors (Lipinski definition) is 3. The molecule has 3 rings (SSSR count). The minimum Gasteiger partial charge on any atom is -0.481 e. The fourth-order valence-electron chi connectivity index (χ4n) is 2.66. The van der Waals surface area contributed by atoms with E-state index in [2.05, 4.69) is 47.9 Å². The smallest absolute Gasteiger partial charge is 0.215 e. The topological polar surface area (TPSA) is 50.8 Å². The summed E-state index contributed by atoms with van der Waals surface area (Å²) < 4.78 is 5.14. The lowest BCUT2D eigenvalue weighted by Crippen LogP contribution is -1.91. The molecule has 2 aromatic heterocycles. The van der Waals surface area contributed by atoms with Crippen LogP contribution in [0.25, 0.3) is 22.6 Å². The SMILES string of the molecule is COc1ccc2[nH]c(-c3c(C)cc(C)cc3C)nc2n1. The number of aryl methyl sites for hydroxylation is 3. The Labute approximate surface area is 117 Å². The van der Waals surface area contributed by atoms with Crippen LogP contribution in [-0.2, 0) is 0 Å². The maximum atomic E-state index is 5.14. The van der Waals surface area contributed by atoms with E-state index in [4.69, 9.17) is 4.74 Å². The molecule has 4 nitrogen and oxygen atoms in total. The van der Waals surface area contributed by atoms with E-state index in [-0.39, 0.29) is 0 Å². The van der Waals surface area contributed by atoms with Crippen LogP contribution in [0.15, 0.2) is 24.3 Å². The van der Waals surface area contributed by atoms with Gasteiger partial charge in [-0.3, -0.25) is 0 Å². The zero-order valence-corrected chi connectivity index (χ0v) is 12.1. The molecule has 0 radical (unpaired) electrons. The van der Waals surface area contributed by atoms with Gasteiger partial charge in [-0.15, -0.1) is 0 Å². The summed E-state index contributed by atoms with van der Waals surface area (Å²) in [6, 6.07) is 8.11. The molecule has 1 aromatic carbocycles. The summed E-state index contributed by atoms with van der Waals surface area (Å²) in [5.74, 6) is 1.43. The lowest BCUT2D eigenvalue weighted by atomic mass is 9.99. The van der Waals surface area contributed by atoms with Crippen LogP contribution in [0.4, 0.5) is 0 Å². The normalized spacial score (nSPS) is 11.0. The van der Waals surface area contributed by atoms with Crippen LogP contribution in [-0.4, -0.2) is 22.1 Å². The highest BCUT2D eigenvalue weighted by Gasteiger charge is 2.12. The van der Waals surface area contributed by atoms with Gasteiger partial charge in [0.1, 0.15) is 5.82 Å². The third-order valence-corrected chi connectivity index (χ3v) is 3.44. The highest BCUT2D eigenvalue weighted by molar-refractivity contribution is 5.78. The van der Waals surface area contributed by atoms with Crippen molar-refractivity contribution in [2.75, 3.05) is 7.11 Å². The molecule has 0 saturated heterocycles. The molecule has 0 bridgehead atoms. The zero-order valence-electron chi connectivity index (χ0n) is 12.1. The van der Waals surface area contributed by atoms with Crippen molar-refractivity contribution in [3.8, 4) is 17.3 Å². The first-order chi connectivity index (χ1) is 9.58. The second-order valence-electron chi connectivity index (χ2n) is 5.08. The van der Waals surface area contributed by atoms with Gasteiger partial charge in [0.25, 0.3) is 0 Å². The lowest BCUT2D eigenvalue weighted by Gasteiger charge is -2.08. The first-order valence-corrected chi connectivity index (χ1v) is 6.57. The average Bonchev–Trinajstić information content (AvgIpc) is 2.79. The number of aromatic amines is 1. The van der Waals surface area contributed by atoms with Gasteiger partial charge < -0.3 is 9.72 Å². The molecule has 1 N–H and O–H groups in total. The molecule has 0 atom stereocenters. The van der Waals surface area contributed by atoms with Crippen molar-refractivity contribution in [3.63, 3.8) is 0 Å². The number of aromatic nitrogens is 3. The number of rotatable bonds is 2. The van der Waals surface area contributed by atoms with E-state index >= 15 is 0 Å². The highest BCUT2D eigenvalue weighted by atomic mass is 16.5. The molecule has 2 heterocycles. The molecule has 0 spiro atoms. The molecular formula is C16H17N3O. The van der Waals surface area contributed by atoms with Crippen LogP contribution in [0.1, 0.15) is 16.7 Å². The molecule has 0 amide bonds. The molecule has 4 heteroatoms. The van der Waals surface area contributed by atoms with E-state index in [1.807, 2.05) is 12.1 Å². The number of pyridine rings is 1. The van der Waals surface area contributed by atoms with Gasteiger partial charge in [-0.1, -0.05) is 17.7 Å². The standard InChI is InChI=1S/C16H17N3O/c1-9-7-10(2)14(11(3)8-9)16-17-12-5-6-13(20-4)18-15(12)19-16/h5-8H,1-4H3,(H,17,18,19). The Morgan fingerprint density at radius 3 is 2.35 bits per heavy atom. The van der Waals surface area contributed by atoms with Gasteiger partial charge in [0.15, 0.2) is 5.65 Å². The Bertz CT molecular complexity index is 767. The summed E-state index contributed by atoms with van der Waals surface area (Å²) in [4.78, 5) is 12.3. The average molecular weight is 267 g/mol. The van der Waals surface area contributed by atoms with Gasteiger partial charge >= 0.3 is 0 Å². The predicted octanol–water partition coefficient (Wildman–Crippen LogP) is 3.56. The zero-order chi connectivity index (χ0) is 14.3. The van der Waals surface area contributed by atoms with E-state index in [0.29, 0.717) is 11.5 Å². The lowest BCUT2D eigenvalue weighted by molar-refractivity contribution is 0.399. The highest BCUT2D eigenvalue weighted by Crippen LogP contribution is 2.28. The van der Waals surface area contributed by atoms with Crippen LogP contribution < -0.4 is 4.74 Å². The van der Waals surface area contributed by atoms with Crippen LogP contribution in [0.2, 0.25) is 0 Å². The fraction of sp³-hybridized carbons (Fsp3) is 0.250. The van der Waals surface area contributed by atoms with Gasteiger partial charge in [-0.25, -0.2) is 4.98 Å². The van der Waals surface area contributed by atoms with Crippen molar-refractivity contribution in [1.29, 1.82) is 0 Å². The summed E-state index contributed by atoms with van der Waals surface area (Å²) in [5, 5.41) is 0. The molecule has 0 saturated carbocycles. The van der Waals surface area contributed by atoms with Crippen molar-refractivity contribution < 1.29 is 4.74 Å². The number of fused-ring (bicyclic) bond motifs is 1. The molecule has 0 unspecified atom stereocenters.